The first-order valence-electron chi connectivity index (χ1n) is 8.36. The van der Waals surface area contributed by atoms with E-state index < -0.39 is 10.0 Å². The largest absolute Gasteiger partial charge is 0.497 e. The summed E-state index contributed by atoms with van der Waals surface area (Å²) in [6.07, 6.45) is -0.319. The number of aryl methyl sites for hydroxylation is 1. The monoisotopic (exact) mass is 377 g/mol. The third-order valence-electron chi connectivity index (χ3n) is 4.45. The van der Waals surface area contributed by atoms with Crippen molar-refractivity contribution in [2.45, 2.75) is 17.9 Å². The first kappa shape index (κ1) is 18.7. The van der Waals surface area contributed by atoms with E-state index in [0.29, 0.717) is 18.9 Å². The summed E-state index contributed by atoms with van der Waals surface area (Å²) >= 11 is 0. The van der Waals surface area contributed by atoms with Crippen molar-refractivity contribution in [1.29, 1.82) is 0 Å². The Kier molecular flexibility index (Phi) is 5.50. The van der Waals surface area contributed by atoms with Crippen LogP contribution in [0.15, 0.2) is 47.4 Å². The molecular weight excluding hydrogens is 354 g/mol. The van der Waals surface area contributed by atoms with E-state index >= 15 is 0 Å². The van der Waals surface area contributed by atoms with Crippen LogP contribution in [-0.2, 0) is 14.8 Å². The van der Waals surface area contributed by atoms with Crippen molar-refractivity contribution in [2.75, 3.05) is 33.9 Å². The quantitative estimate of drug-likeness (QED) is 0.802. The summed E-state index contributed by atoms with van der Waals surface area (Å²) in [7, 11) is -0.595. The number of hydrogen-bond acceptors (Lipinski definition) is 5. The van der Waals surface area contributed by atoms with Crippen LogP contribution in [0.3, 0.4) is 0 Å². The fourth-order valence-corrected chi connectivity index (χ4v) is 4.65. The molecule has 0 aromatic heterocycles. The SMILES string of the molecule is COc1ccc(C2CN(S(=O)(=O)c3cc(C)ccc3OC)CCO2)cc1. The molecule has 1 aliphatic heterocycles. The summed E-state index contributed by atoms with van der Waals surface area (Å²) < 4.78 is 44.0. The van der Waals surface area contributed by atoms with Gasteiger partial charge in [0, 0.05) is 13.1 Å². The van der Waals surface area contributed by atoms with Crippen molar-refractivity contribution in [1.82, 2.24) is 4.31 Å². The number of hydrogen-bond donors (Lipinski definition) is 0. The molecule has 0 N–H and O–H groups in total. The lowest BCUT2D eigenvalue weighted by Gasteiger charge is -2.32. The Bertz CT molecular complexity index is 864. The van der Waals surface area contributed by atoms with E-state index in [9.17, 15) is 8.42 Å². The van der Waals surface area contributed by atoms with Crippen molar-refractivity contribution in [3.63, 3.8) is 0 Å². The van der Waals surface area contributed by atoms with Gasteiger partial charge in [-0.25, -0.2) is 8.42 Å². The number of rotatable bonds is 5. The molecule has 0 bridgehead atoms. The Labute approximate surface area is 154 Å². The van der Waals surface area contributed by atoms with Gasteiger partial charge in [-0.15, -0.1) is 0 Å². The summed E-state index contributed by atoms with van der Waals surface area (Å²) in [6, 6.07) is 12.6. The maximum absolute atomic E-state index is 13.2. The van der Waals surface area contributed by atoms with E-state index in [1.807, 2.05) is 37.3 Å². The summed E-state index contributed by atoms with van der Waals surface area (Å²) in [6.45, 7) is 2.76. The molecule has 0 radical (unpaired) electrons. The zero-order valence-corrected chi connectivity index (χ0v) is 16.0. The molecule has 7 heteroatoms. The molecule has 0 saturated carbocycles. The Morgan fingerprint density at radius 3 is 2.46 bits per heavy atom. The van der Waals surface area contributed by atoms with Gasteiger partial charge in [0.25, 0.3) is 0 Å². The predicted octanol–water partition coefficient (Wildman–Crippen LogP) is 2.77. The summed E-state index contributed by atoms with van der Waals surface area (Å²) in [5.41, 5.74) is 1.78. The lowest BCUT2D eigenvalue weighted by molar-refractivity contribution is -0.00261. The molecule has 0 aliphatic carbocycles. The maximum Gasteiger partial charge on any atom is 0.246 e. The molecule has 1 fully saturated rings. The smallest absolute Gasteiger partial charge is 0.246 e. The first-order chi connectivity index (χ1) is 12.5. The Morgan fingerprint density at radius 1 is 1.08 bits per heavy atom. The second-order valence-electron chi connectivity index (χ2n) is 6.15. The van der Waals surface area contributed by atoms with Crippen LogP contribution in [0, 0.1) is 6.92 Å². The Hall–Kier alpha value is -2.09. The van der Waals surface area contributed by atoms with Crippen LogP contribution in [0.1, 0.15) is 17.2 Å². The van der Waals surface area contributed by atoms with Gasteiger partial charge in [-0.05, 0) is 42.3 Å². The molecule has 1 heterocycles. The van der Waals surface area contributed by atoms with Crippen LogP contribution < -0.4 is 9.47 Å². The number of morpholine rings is 1. The highest BCUT2D eigenvalue weighted by Crippen LogP contribution is 2.31. The second-order valence-corrected chi connectivity index (χ2v) is 8.06. The van der Waals surface area contributed by atoms with Crippen molar-refractivity contribution in [3.05, 3.63) is 53.6 Å². The fourth-order valence-electron chi connectivity index (χ4n) is 2.99. The van der Waals surface area contributed by atoms with Crippen molar-refractivity contribution in [3.8, 4) is 11.5 Å². The number of nitrogens with zero attached hydrogens (tertiary/aromatic N) is 1. The number of ether oxygens (including phenoxy) is 3. The van der Waals surface area contributed by atoms with Gasteiger partial charge in [-0.3, -0.25) is 0 Å². The molecule has 6 nitrogen and oxygen atoms in total. The lowest BCUT2D eigenvalue weighted by atomic mass is 10.1. The van der Waals surface area contributed by atoms with Gasteiger partial charge in [0.15, 0.2) is 0 Å². The van der Waals surface area contributed by atoms with Crippen LogP contribution >= 0.6 is 0 Å². The van der Waals surface area contributed by atoms with Gasteiger partial charge < -0.3 is 14.2 Å². The second kappa shape index (κ2) is 7.65. The van der Waals surface area contributed by atoms with E-state index in [-0.39, 0.29) is 17.5 Å². The number of methoxy groups -OCH3 is 2. The molecule has 1 aliphatic rings. The standard InChI is InChI=1S/C19H23NO5S/c1-14-4-9-17(24-3)19(12-14)26(21,22)20-10-11-25-18(13-20)15-5-7-16(23-2)8-6-15/h4-9,12,18H,10-11,13H2,1-3H3. The van der Waals surface area contributed by atoms with E-state index in [1.165, 1.54) is 11.4 Å². The molecule has 0 amide bonds. The van der Waals surface area contributed by atoms with E-state index in [4.69, 9.17) is 14.2 Å². The summed E-state index contributed by atoms with van der Waals surface area (Å²) in [4.78, 5) is 0.190. The Morgan fingerprint density at radius 2 is 1.81 bits per heavy atom. The van der Waals surface area contributed by atoms with Crippen molar-refractivity contribution >= 4 is 10.0 Å². The minimum Gasteiger partial charge on any atom is -0.497 e. The van der Waals surface area contributed by atoms with Gasteiger partial charge in [0.05, 0.1) is 26.9 Å². The van der Waals surface area contributed by atoms with Crippen LogP contribution in [0.25, 0.3) is 0 Å². The first-order valence-corrected chi connectivity index (χ1v) is 9.80. The van der Waals surface area contributed by atoms with Gasteiger partial charge >= 0.3 is 0 Å². The van der Waals surface area contributed by atoms with E-state index in [0.717, 1.165) is 16.9 Å². The van der Waals surface area contributed by atoms with Gasteiger partial charge in [-0.2, -0.15) is 4.31 Å². The zero-order valence-electron chi connectivity index (χ0n) is 15.1. The molecule has 1 unspecified atom stereocenters. The molecule has 2 aromatic rings. The third kappa shape index (κ3) is 3.70. The normalized spacial score (nSPS) is 18.5. The molecule has 1 saturated heterocycles. The molecule has 2 aromatic carbocycles. The van der Waals surface area contributed by atoms with Crippen molar-refractivity contribution in [2.24, 2.45) is 0 Å². The molecule has 1 atom stereocenters. The molecule has 26 heavy (non-hydrogen) atoms. The van der Waals surface area contributed by atoms with Gasteiger partial charge in [-0.1, -0.05) is 18.2 Å². The zero-order chi connectivity index (χ0) is 18.7. The number of benzene rings is 2. The average molecular weight is 377 g/mol. The molecule has 0 spiro atoms. The highest BCUT2D eigenvalue weighted by atomic mass is 32.2. The maximum atomic E-state index is 13.2. The molecule has 3 rings (SSSR count). The molecule has 140 valence electrons. The van der Waals surface area contributed by atoms with Crippen LogP contribution in [0.5, 0.6) is 11.5 Å². The third-order valence-corrected chi connectivity index (χ3v) is 6.34. The highest BCUT2D eigenvalue weighted by molar-refractivity contribution is 7.89. The minimum absolute atomic E-state index is 0.190. The topological polar surface area (TPSA) is 65.1 Å². The van der Waals surface area contributed by atoms with Crippen LogP contribution in [0.2, 0.25) is 0 Å². The van der Waals surface area contributed by atoms with Crippen LogP contribution in [0.4, 0.5) is 0 Å². The number of sulfonamides is 1. The lowest BCUT2D eigenvalue weighted by Crippen LogP contribution is -2.42. The van der Waals surface area contributed by atoms with Crippen molar-refractivity contribution < 1.29 is 22.6 Å². The van der Waals surface area contributed by atoms with Crippen LogP contribution in [-0.4, -0.2) is 46.6 Å². The minimum atomic E-state index is -3.68. The predicted molar refractivity (Wildman–Crippen MR) is 98.2 cm³/mol. The fraction of sp³-hybridized carbons (Fsp3) is 0.368. The highest BCUT2D eigenvalue weighted by Gasteiger charge is 2.33. The summed E-state index contributed by atoms with van der Waals surface area (Å²) in [5.74, 6) is 1.10. The van der Waals surface area contributed by atoms with E-state index in [1.54, 1.807) is 19.2 Å². The Balaban J connectivity index is 1.87. The summed E-state index contributed by atoms with van der Waals surface area (Å²) in [5, 5.41) is 0. The van der Waals surface area contributed by atoms with Gasteiger partial charge in [0.1, 0.15) is 16.4 Å². The van der Waals surface area contributed by atoms with E-state index in [2.05, 4.69) is 0 Å². The van der Waals surface area contributed by atoms with Gasteiger partial charge in [0.2, 0.25) is 10.0 Å². The molecular formula is C19H23NO5S. The average Bonchev–Trinajstić information content (AvgIpc) is 2.68.